The molecule has 114 valence electrons. The molecule has 0 saturated carbocycles. The standard InChI is InChI=1S/C16H23N3O2/c1-4-19(5-2)13-8-6-12(7-9-13)17-16(21)14-10-11-15(20)18(14)3/h6-9,14H,4-5,10-11H2,1-3H3,(H,17,21). The predicted molar refractivity (Wildman–Crippen MR) is 84.4 cm³/mol. The number of carbonyl (C=O) groups excluding carboxylic acids is 2. The highest BCUT2D eigenvalue weighted by molar-refractivity contribution is 5.99. The number of anilines is 2. The molecular weight excluding hydrogens is 266 g/mol. The van der Waals surface area contributed by atoms with Crippen LogP contribution in [0.2, 0.25) is 0 Å². The molecule has 0 radical (unpaired) electrons. The third-order valence-electron chi connectivity index (χ3n) is 4.06. The van der Waals surface area contributed by atoms with Gasteiger partial charge in [-0.15, -0.1) is 0 Å². The minimum atomic E-state index is -0.347. The van der Waals surface area contributed by atoms with Crippen molar-refractivity contribution in [3.63, 3.8) is 0 Å². The highest BCUT2D eigenvalue weighted by Crippen LogP contribution is 2.21. The van der Waals surface area contributed by atoms with E-state index in [1.807, 2.05) is 24.3 Å². The van der Waals surface area contributed by atoms with Crippen molar-refractivity contribution in [3.05, 3.63) is 24.3 Å². The summed E-state index contributed by atoms with van der Waals surface area (Å²) in [6.45, 7) is 6.15. The average Bonchev–Trinajstić information content (AvgIpc) is 2.82. The van der Waals surface area contributed by atoms with Crippen molar-refractivity contribution >= 4 is 23.2 Å². The largest absolute Gasteiger partial charge is 0.372 e. The van der Waals surface area contributed by atoms with Crippen LogP contribution in [-0.2, 0) is 9.59 Å². The van der Waals surface area contributed by atoms with Crippen LogP contribution >= 0.6 is 0 Å². The molecule has 1 saturated heterocycles. The third-order valence-corrected chi connectivity index (χ3v) is 4.06. The minimum absolute atomic E-state index is 0.0343. The van der Waals surface area contributed by atoms with Crippen molar-refractivity contribution in [1.82, 2.24) is 4.90 Å². The summed E-state index contributed by atoms with van der Waals surface area (Å²) in [6.07, 6.45) is 1.05. The quantitative estimate of drug-likeness (QED) is 0.903. The summed E-state index contributed by atoms with van der Waals surface area (Å²) in [4.78, 5) is 27.4. The predicted octanol–water partition coefficient (Wildman–Crippen LogP) is 2.09. The molecule has 21 heavy (non-hydrogen) atoms. The molecule has 1 aromatic rings. The summed E-state index contributed by atoms with van der Waals surface area (Å²) in [5.74, 6) is -0.0778. The van der Waals surface area contributed by atoms with Gasteiger partial charge in [0.25, 0.3) is 0 Å². The lowest BCUT2D eigenvalue weighted by Crippen LogP contribution is -2.38. The second-order valence-electron chi connectivity index (χ2n) is 5.27. The molecule has 1 aliphatic heterocycles. The first-order chi connectivity index (χ1) is 10.1. The highest BCUT2D eigenvalue weighted by atomic mass is 16.2. The Morgan fingerprint density at radius 2 is 1.90 bits per heavy atom. The molecule has 0 aliphatic carbocycles. The van der Waals surface area contributed by atoms with Gasteiger partial charge in [-0.1, -0.05) is 0 Å². The summed E-state index contributed by atoms with van der Waals surface area (Å²) < 4.78 is 0. The minimum Gasteiger partial charge on any atom is -0.372 e. The van der Waals surface area contributed by atoms with Gasteiger partial charge in [0.1, 0.15) is 6.04 Å². The van der Waals surface area contributed by atoms with E-state index in [2.05, 4.69) is 24.1 Å². The van der Waals surface area contributed by atoms with Gasteiger partial charge >= 0.3 is 0 Å². The van der Waals surface area contributed by atoms with Crippen LogP contribution in [-0.4, -0.2) is 42.9 Å². The van der Waals surface area contributed by atoms with E-state index in [9.17, 15) is 9.59 Å². The number of amides is 2. The van der Waals surface area contributed by atoms with Crippen LogP contribution in [0.5, 0.6) is 0 Å². The highest BCUT2D eigenvalue weighted by Gasteiger charge is 2.33. The number of rotatable bonds is 5. The first kappa shape index (κ1) is 15.4. The van der Waals surface area contributed by atoms with Gasteiger partial charge in [-0.3, -0.25) is 9.59 Å². The van der Waals surface area contributed by atoms with Gasteiger partial charge in [-0.05, 0) is 44.5 Å². The molecule has 0 aromatic heterocycles. The normalized spacial score (nSPS) is 18.0. The van der Waals surface area contributed by atoms with E-state index in [1.54, 1.807) is 7.05 Å². The Morgan fingerprint density at radius 1 is 1.29 bits per heavy atom. The summed E-state index contributed by atoms with van der Waals surface area (Å²) in [5, 5.41) is 2.89. The van der Waals surface area contributed by atoms with E-state index in [-0.39, 0.29) is 17.9 Å². The van der Waals surface area contributed by atoms with E-state index in [0.29, 0.717) is 12.8 Å². The second kappa shape index (κ2) is 6.61. The third kappa shape index (κ3) is 3.35. The molecule has 5 nitrogen and oxygen atoms in total. The molecule has 1 heterocycles. The Morgan fingerprint density at radius 3 is 2.38 bits per heavy atom. The van der Waals surface area contributed by atoms with Crippen LogP contribution in [0, 0.1) is 0 Å². The molecule has 2 rings (SSSR count). The fourth-order valence-corrected chi connectivity index (χ4v) is 2.68. The lowest BCUT2D eigenvalue weighted by atomic mass is 10.2. The fraction of sp³-hybridized carbons (Fsp3) is 0.500. The first-order valence-electron chi connectivity index (χ1n) is 7.48. The molecule has 0 spiro atoms. The molecule has 1 unspecified atom stereocenters. The maximum atomic E-state index is 12.2. The number of carbonyl (C=O) groups is 2. The van der Waals surface area contributed by atoms with Gasteiger partial charge in [0.05, 0.1) is 0 Å². The number of hydrogen-bond donors (Lipinski definition) is 1. The van der Waals surface area contributed by atoms with Crippen LogP contribution in [0.15, 0.2) is 24.3 Å². The summed E-state index contributed by atoms with van der Waals surface area (Å²) in [6, 6.07) is 7.48. The van der Waals surface area contributed by atoms with Crippen LogP contribution in [0.25, 0.3) is 0 Å². The van der Waals surface area contributed by atoms with E-state index >= 15 is 0 Å². The fourth-order valence-electron chi connectivity index (χ4n) is 2.68. The van der Waals surface area contributed by atoms with Crippen molar-refractivity contribution in [1.29, 1.82) is 0 Å². The zero-order valence-electron chi connectivity index (χ0n) is 12.9. The van der Waals surface area contributed by atoms with E-state index in [0.717, 1.165) is 24.5 Å². The van der Waals surface area contributed by atoms with Gasteiger partial charge in [-0.25, -0.2) is 0 Å². The smallest absolute Gasteiger partial charge is 0.247 e. The monoisotopic (exact) mass is 289 g/mol. The molecule has 1 aromatic carbocycles. The summed E-state index contributed by atoms with van der Waals surface area (Å²) in [5.41, 5.74) is 1.91. The van der Waals surface area contributed by atoms with Gasteiger partial charge in [0, 0.05) is 37.9 Å². The van der Waals surface area contributed by atoms with Crippen molar-refractivity contribution < 1.29 is 9.59 Å². The Labute approximate surface area is 125 Å². The molecule has 1 atom stereocenters. The van der Waals surface area contributed by atoms with E-state index < -0.39 is 0 Å². The van der Waals surface area contributed by atoms with Crippen molar-refractivity contribution in [2.75, 3.05) is 30.4 Å². The number of hydrogen-bond acceptors (Lipinski definition) is 3. The van der Waals surface area contributed by atoms with Crippen LogP contribution in [0.4, 0.5) is 11.4 Å². The summed E-state index contributed by atoms with van der Waals surface area (Å²) >= 11 is 0. The molecule has 0 bridgehead atoms. The molecule has 5 heteroatoms. The Hall–Kier alpha value is -2.04. The van der Waals surface area contributed by atoms with Crippen molar-refractivity contribution in [2.45, 2.75) is 32.7 Å². The number of likely N-dealkylation sites (N-methyl/N-ethyl adjacent to an activating group) is 1. The van der Waals surface area contributed by atoms with Gasteiger partial charge in [0.2, 0.25) is 11.8 Å². The molecule has 1 aliphatic rings. The number of nitrogens with one attached hydrogen (secondary N) is 1. The van der Waals surface area contributed by atoms with Crippen molar-refractivity contribution in [2.24, 2.45) is 0 Å². The van der Waals surface area contributed by atoms with Crippen LogP contribution in [0.3, 0.4) is 0 Å². The Balaban J connectivity index is 2.00. The lowest BCUT2D eigenvalue weighted by Gasteiger charge is -2.22. The van der Waals surface area contributed by atoms with Crippen LogP contribution < -0.4 is 10.2 Å². The summed E-state index contributed by atoms with van der Waals surface area (Å²) in [7, 11) is 1.68. The van der Waals surface area contributed by atoms with Gasteiger partial charge in [-0.2, -0.15) is 0 Å². The lowest BCUT2D eigenvalue weighted by molar-refractivity contribution is -0.131. The molecule has 1 N–H and O–H groups in total. The maximum Gasteiger partial charge on any atom is 0.247 e. The Kier molecular flexibility index (Phi) is 4.83. The first-order valence-corrected chi connectivity index (χ1v) is 7.48. The second-order valence-corrected chi connectivity index (χ2v) is 5.27. The Bertz CT molecular complexity index is 509. The molecule has 1 fully saturated rings. The van der Waals surface area contributed by atoms with E-state index in [1.165, 1.54) is 4.90 Å². The van der Waals surface area contributed by atoms with Gasteiger partial charge in [0.15, 0.2) is 0 Å². The van der Waals surface area contributed by atoms with Crippen molar-refractivity contribution in [3.8, 4) is 0 Å². The van der Waals surface area contributed by atoms with Gasteiger partial charge < -0.3 is 15.1 Å². The molecule has 2 amide bonds. The maximum absolute atomic E-state index is 12.2. The topological polar surface area (TPSA) is 52.7 Å². The van der Waals surface area contributed by atoms with E-state index in [4.69, 9.17) is 0 Å². The number of likely N-dealkylation sites (tertiary alicyclic amines) is 1. The number of nitrogens with zero attached hydrogens (tertiary/aromatic N) is 2. The number of benzene rings is 1. The average molecular weight is 289 g/mol. The SMILES string of the molecule is CCN(CC)c1ccc(NC(=O)C2CCC(=O)N2C)cc1. The zero-order valence-corrected chi connectivity index (χ0v) is 12.9. The zero-order chi connectivity index (χ0) is 15.4. The van der Waals surface area contributed by atoms with Crippen LogP contribution in [0.1, 0.15) is 26.7 Å². The molecular formula is C16H23N3O2.